The maximum Gasteiger partial charge on any atom is 0.273 e. The molecule has 1 aromatic heterocycles. The minimum atomic E-state index is 0.520. The Balaban J connectivity index is 1.93. The molecule has 1 heterocycles. The average molecular weight is 220 g/mol. The number of benzene rings is 1. The predicted molar refractivity (Wildman–Crippen MR) is 60.8 cm³/mol. The maximum absolute atomic E-state index is 5.53. The van der Waals surface area contributed by atoms with Gasteiger partial charge < -0.3 is 10.5 Å². The number of nitrogens with two attached hydrogens (primary N) is 1. The quantitative estimate of drug-likeness (QED) is 0.859. The monoisotopic (exact) mass is 220 g/mol. The van der Waals surface area contributed by atoms with Crippen LogP contribution < -0.4 is 10.5 Å². The van der Waals surface area contributed by atoms with E-state index in [4.69, 9.17) is 10.5 Å². The number of ether oxygens (including phenoxy) is 1. The fraction of sp³-hybridized carbons (Fsp3) is 0.182. The van der Waals surface area contributed by atoms with Gasteiger partial charge >= 0.3 is 0 Å². The number of thiazole rings is 1. The van der Waals surface area contributed by atoms with Gasteiger partial charge in [0, 0.05) is 17.6 Å². The van der Waals surface area contributed by atoms with E-state index in [1.165, 1.54) is 11.3 Å². The highest BCUT2D eigenvalue weighted by Crippen LogP contribution is 2.20. The molecule has 0 unspecified atom stereocenters. The molecule has 0 bridgehead atoms. The molecule has 2 N–H and O–H groups in total. The van der Waals surface area contributed by atoms with Crippen LogP contribution in [0.2, 0.25) is 0 Å². The minimum absolute atomic E-state index is 0.520. The van der Waals surface area contributed by atoms with Gasteiger partial charge in [0.1, 0.15) is 6.61 Å². The SMILES string of the molecule is NCc1cnc(OCc2ccccc2)s1. The lowest BCUT2D eigenvalue weighted by atomic mass is 10.2. The highest BCUT2D eigenvalue weighted by atomic mass is 32.1. The summed E-state index contributed by atoms with van der Waals surface area (Å²) in [5, 5.41) is 0.680. The lowest BCUT2D eigenvalue weighted by Gasteiger charge is -2.01. The molecule has 78 valence electrons. The zero-order valence-electron chi connectivity index (χ0n) is 8.22. The molecule has 4 heteroatoms. The number of nitrogens with zero attached hydrogens (tertiary/aromatic N) is 1. The Morgan fingerprint density at radius 1 is 1.27 bits per heavy atom. The van der Waals surface area contributed by atoms with Crippen molar-refractivity contribution in [3.8, 4) is 5.19 Å². The van der Waals surface area contributed by atoms with Crippen molar-refractivity contribution in [3.05, 3.63) is 47.0 Å². The molecule has 15 heavy (non-hydrogen) atoms. The summed E-state index contributed by atoms with van der Waals surface area (Å²) in [7, 11) is 0. The third-order valence-electron chi connectivity index (χ3n) is 1.94. The molecule has 0 aliphatic rings. The summed E-state index contributed by atoms with van der Waals surface area (Å²) in [6.07, 6.45) is 1.75. The number of rotatable bonds is 4. The Hall–Kier alpha value is -1.39. The van der Waals surface area contributed by atoms with Gasteiger partial charge in [0.2, 0.25) is 0 Å². The third-order valence-corrected chi connectivity index (χ3v) is 2.87. The van der Waals surface area contributed by atoms with Gasteiger partial charge in [-0.2, -0.15) is 0 Å². The molecule has 0 saturated carbocycles. The van der Waals surface area contributed by atoms with E-state index in [-0.39, 0.29) is 0 Å². The van der Waals surface area contributed by atoms with Gasteiger partial charge in [-0.3, -0.25) is 0 Å². The van der Waals surface area contributed by atoms with Gasteiger partial charge in [0.25, 0.3) is 5.19 Å². The van der Waals surface area contributed by atoms with Gasteiger partial charge in [-0.25, -0.2) is 4.98 Å². The highest BCUT2D eigenvalue weighted by Gasteiger charge is 2.01. The van der Waals surface area contributed by atoms with Crippen molar-refractivity contribution >= 4 is 11.3 Å². The van der Waals surface area contributed by atoms with E-state index >= 15 is 0 Å². The lowest BCUT2D eigenvalue weighted by Crippen LogP contribution is -1.93. The first-order valence-corrected chi connectivity index (χ1v) is 5.51. The zero-order valence-corrected chi connectivity index (χ0v) is 9.04. The summed E-state index contributed by atoms with van der Waals surface area (Å²) in [6.45, 7) is 1.07. The maximum atomic E-state index is 5.53. The van der Waals surface area contributed by atoms with Gasteiger partial charge in [0.15, 0.2) is 0 Å². The van der Waals surface area contributed by atoms with Crippen LogP contribution in [-0.4, -0.2) is 4.98 Å². The van der Waals surface area contributed by atoms with Crippen molar-refractivity contribution in [2.24, 2.45) is 5.73 Å². The Labute approximate surface area is 92.5 Å². The van der Waals surface area contributed by atoms with Crippen LogP contribution in [-0.2, 0) is 13.2 Å². The fourth-order valence-electron chi connectivity index (χ4n) is 1.17. The highest BCUT2D eigenvalue weighted by molar-refractivity contribution is 7.13. The van der Waals surface area contributed by atoms with Crippen LogP contribution in [0.15, 0.2) is 36.5 Å². The second-order valence-corrected chi connectivity index (χ2v) is 4.15. The molecule has 2 aromatic rings. The van der Waals surface area contributed by atoms with Crippen LogP contribution >= 0.6 is 11.3 Å². The molecule has 0 spiro atoms. The van der Waals surface area contributed by atoms with Gasteiger partial charge in [-0.15, -0.1) is 0 Å². The summed E-state index contributed by atoms with van der Waals surface area (Å²) >= 11 is 1.49. The normalized spacial score (nSPS) is 10.2. The molecular weight excluding hydrogens is 208 g/mol. The number of aromatic nitrogens is 1. The Morgan fingerprint density at radius 2 is 2.07 bits per heavy atom. The molecule has 3 nitrogen and oxygen atoms in total. The third kappa shape index (κ3) is 2.78. The van der Waals surface area contributed by atoms with Crippen LogP contribution in [0, 0.1) is 0 Å². The van der Waals surface area contributed by atoms with Crippen molar-refractivity contribution in [2.45, 2.75) is 13.2 Å². The summed E-state index contributed by atoms with van der Waals surface area (Å²) in [4.78, 5) is 5.16. The number of hydrogen-bond acceptors (Lipinski definition) is 4. The van der Waals surface area contributed by atoms with Crippen molar-refractivity contribution < 1.29 is 4.74 Å². The van der Waals surface area contributed by atoms with E-state index in [9.17, 15) is 0 Å². The van der Waals surface area contributed by atoms with E-state index in [1.807, 2.05) is 30.3 Å². The Kier molecular flexibility index (Phi) is 3.32. The number of hydrogen-bond donors (Lipinski definition) is 1. The molecular formula is C11H12N2OS. The van der Waals surface area contributed by atoms with Crippen LogP contribution in [0.4, 0.5) is 0 Å². The molecule has 0 aliphatic carbocycles. The summed E-state index contributed by atoms with van der Waals surface area (Å²) in [5.74, 6) is 0. The fourth-order valence-corrected chi connectivity index (χ4v) is 1.81. The average Bonchev–Trinajstić information content (AvgIpc) is 2.76. The molecule has 2 rings (SSSR count). The molecule has 0 amide bonds. The van der Waals surface area contributed by atoms with E-state index in [1.54, 1.807) is 6.20 Å². The molecule has 0 atom stereocenters. The lowest BCUT2D eigenvalue weighted by molar-refractivity contribution is 0.304. The van der Waals surface area contributed by atoms with Crippen molar-refractivity contribution in [1.29, 1.82) is 0 Å². The van der Waals surface area contributed by atoms with Crippen molar-refractivity contribution in [1.82, 2.24) is 4.98 Å². The molecule has 0 radical (unpaired) electrons. The molecule has 0 fully saturated rings. The first-order valence-electron chi connectivity index (χ1n) is 4.70. The first kappa shape index (κ1) is 10.1. The predicted octanol–water partition coefficient (Wildman–Crippen LogP) is 2.18. The van der Waals surface area contributed by atoms with Crippen LogP contribution in [0.3, 0.4) is 0 Å². The van der Waals surface area contributed by atoms with Gasteiger partial charge in [-0.05, 0) is 5.56 Å². The Bertz CT molecular complexity index is 414. The smallest absolute Gasteiger partial charge is 0.273 e. The van der Waals surface area contributed by atoms with Gasteiger partial charge in [-0.1, -0.05) is 41.7 Å². The van der Waals surface area contributed by atoms with Crippen LogP contribution in [0.5, 0.6) is 5.19 Å². The zero-order chi connectivity index (χ0) is 10.5. The standard InChI is InChI=1S/C11H12N2OS/c12-6-10-7-13-11(15-10)14-8-9-4-2-1-3-5-9/h1-5,7H,6,8,12H2. The molecule has 0 saturated heterocycles. The van der Waals surface area contributed by atoms with E-state index in [0.29, 0.717) is 18.3 Å². The largest absolute Gasteiger partial charge is 0.465 e. The second kappa shape index (κ2) is 4.91. The summed E-state index contributed by atoms with van der Waals surface area (Å²) in [6, 6.07) is 10.0. The van der Waals surface area contributed by atoms with Crippen LogP contribution in [0.25, 0.3) is 0 Å². The van der Waals surface area contributed by atoms with Crippen LogP contribution in [0.1, 0.15) is 10.4 Å². The van der Waals surface area contributed by atoms with E-state index in [2.05, 4.69) is 4.98 Å². The first-order chi connectivity index (χ1) is 7.38. The summed E-state index contributed by atoms with van der Waals surface area (Å²) < 4.78 is 5.53. The molecule has 1 aromatic carbocycles. The molecule has 0 aliphatic heterocycles. The topological polar surface area (TPSA) is 48.1 Å². The summed E-state index contributed by atoms with van der Waals surface area (Å²) in [5.41, 5.74) is 6.63. The van der Waals surface area contributed by atoms with E-state index in [0.717, 1.165) is 10.4 Å². The minimum Gasteiger partial charge on any atom is -0.465 e. The second-order valence-electron chi connectivity index (χ2n) is 3.07. The van der Waals surface area contributed by atoms with Crippen molar-refractivity contribution in [2.75, 3.05) is 0 Å². The van der Waals surface area contributed by atoms with Crippen molar-refractivity contribution in [3.63, 3.8) is 0 Å². The Morgan fingerprint density at radius 3 is 2.73 bits per heavy atom. The van der Waals surface area contributed by atoms with E-state index < -0.39 is 0 Å². The van der Waals surface area contributed by atoms with Gasteiger partial charge in [0.05, 0.1) is 0 Å².